The number of aliphatic imine (C=N–C) groups is 1. The second-order valence-corrected chi connectivity index (χ2v) is 7.96. The molecule has 1 aliphatic rings. The van der Waals surface area contributed by atoms with E-state index in [4.69, 9.17) is 9.98 Å². The Morgan fingerprint density at radius 3 is 2.40 bits per heavy atom. The Morgan fingerprint density at radius 1 is 0.900 bits per heavy atom. The van der Waals surface area contributed by atoms with Crippen LogP contribution in [0.5, 0.6) is 0 Å². The second kappa shape index (κ2) is 8.20. The van der Waals surface area contributed by atoms with E-state index in [2.05, 4.69) is 55.8 Å². The standard InChI is InChI=1S/C25H19BrN4/c26-19-14-12-18(13-15-19)25-29-23(21-10-4-6-16-27-21)24(22-11-5-7-17-28-22)30(25)20-8-2-1-3-9-20/h1-9,11-17,21H,10H2. The van der Waals surface area contributed by atoms with Gasteiger partial charge in [-0.25, -0.2) is 4.98 Å². The van der Waals surface area contributed by atoms with Gasteiger partial charge in [0.2, 0.25) is 0 Å². The molecule has 0 saturated carbocycles. The zero-order valence-corrected chi connectivity index (χ0v) is 17.8. The first-order chi connectivity index (χ1) is 14.8. The predicted octanol–water partition coefficient (Wildman–Crippen LogP) is 6.44. The Morgan fingerprint density at radius 2 is 1.70 bits per heavy atom. The van der Waals surface area contributed by atoms with Crippen LogP contribution in [0.2, 0.25) is 0 Å². The number of pyridine rings is 1. The van der Waals surface area contributed by atoms with Crippen molar-refractivity contribution in [1.82, 2.24) is 14.5 Å². The number of dihydropyridines is 1. The van der Waals surface area contributed by atoms with E-state index in [0.717, 1.165) is 45.1 Å². The smallest absolute Gasteiger partial charge is 0.145 e. The van der Waals surface area contributed by atoms with E-state index in [9.17, 15) is 0 Å². The molecule has 0 fully saturated rings. The fourth-order valence-electron chi connectivity index (χ4n) is 3.70. The van der Waals surface area contributed by atoms with Gasteiger partial charge in [-0.05, 0) is 48.9 Å². The second-order valence-electron chi connectivity index (χ2n) is 7.04. The van der Waals surface area contributed by atoms with Crippen molar-refractivity contribution in [3.63, 3.8) is 0 Å². The Kier molecular flexibility index (Phi) is 5.11. The van der Waals surface area contributed by atoms with Gasteiger partial charge in [-0.1, -0.05) is 58.4 Å². The fraction of sp³-hybridized carbons (Fsp3) is 0.0800. The summed E-state index contributed by atoms with van der Waals surface area (Å²) in [6.07, 6.45) is 8.63. The van der Waals surface area contributed by atoms with Crippen LogP contribution in [0.4, 0.5) is 0 Å². The summed E-state index contributed by atoms with van der Waals surface area (Å²) in [6, 6.07) is 24.5. The van der Waals surface area contributed by atoms with Gasteiger partial charge < -0.3 is 0 Å². The quantitative estimate of drug-likeness (QED) is 0.356. The molecule has 0 saturated heterocycles. The summed E-state index contributed by atoms with van der Waals surface area (Å²) >= 11 is 3.54. The molecule has 1 atom stereocenters. The van der Waals surface area contributed by atoms with E-state index in [1.165, 1.54) is 0 Å². The third kappa shape index (κ3) is 3.53. The molecule has 0 N–H and O–H groups in total. The molecule has 0 radical (unpaired) electrons. The van der Waals surface area contributed by atoms with Crippen LogP contribution in [0.1, 0.15) is 18.2 Å². The number of allylic oxidation sites excluding steroid dienone is 1. The first-order valence-corrected chi connectivity index (χ1v) is 10.6. The maximum Gasteiger partial charge on any atom is 0.145 e. The largest absolute Gasteiger partial charge is 0.290 e. The molecule has 0 bridgehead atoms. The molecule has 5 heteroatoms. The number of halogens is 1. The number of nitrogens with zero attached hydrogens (tertiary/aromatic N) is 4. The first-order valence-electron chi connectivity index (χ1n) is 9.85. The number of imidazole rings is 1. The molecule has 30 heavy (non-hydrogen) atoms. The molecule has 0 aliphatic carbocycles. The number of hydrogen-bond acceptors (Lipinski definition) is 3. The molecule has 1 unspecified atom stereocenters. The summed E-state index contributed by atoms with van der Waals surface area (Å²) in [5.74, 6) is 0.883. The van der Waals surface area contributed by atoms with Gasteiger partial charge in [0.25, 0.3) is 0 Å². The highest BCUT2D eigenvalue weighted by Crippen LogP contribution is 2.38. The fourth-order valence-corrected chi connectivity index (χ4v) is 3.97. The maximum absolute atomic E-state index is 5.15. The maximum atomic E-state index is 5.15. The third-order valence-corrected chi connectivity index (χ3v) is 5.62. The van der Waals surface area contributed by atoms with E-state index >= 15 is 0 Å². The van der Waals surface area contributed by atoms with Crippen molar-refractivity contribution in [3.05, 3.63) is 101 Å². The predicted molar refractivity (Wildman–Crippen MR) is 125 cm³/mol. The van der Waals surface area contributed by atoms with Crippen molar-refractivity contribution < 1.29 is 0 Å². The lowest BCUT2D eigenvalue weighted by atomic mass is 10.0. The highest BCUT2D eigenvalue weighted by Gasteiger charge is 2.26. The van der Waals surface area contributed by atoms with Gasteiger partial charge in [0.15, 0.2) is 0 Å². The number of aromatic nitrogens is 3. The van der Waals surface area contributed by atoms with Crippen LogP contribution in [0.15, 0.2) is 101 Å². The minimum Gasteiger partial charge on any atom is -0.290 e. The summed E-state index contributed by atoms with van der Waals surface area (Å²) in [5, 5.41) is 0. The molecule has 146 valence electrons. The third-order valence-electron chi connectivity index (χ3n) is 5.09. The van der Waals surface area contributed by atoms with Crippen molar-refractivity contribution in [2.24, 2.45) is 4.99 Å². The Bertz CT molecular complexity index is 1210. The van der Waals surface area contributed by atoms with Gasteiger partial charge in [0.05, 0.1) is 23.1 Å². The zero-order chi connectivity index (χ0) is 20.3. The summed E-state index contributed by atoms with van der Waals surface area (Å²) in [7, 11) is 0. The Balaban J connectivity index is 1.82. The Hall–Kier alpha value is -3.31. The number of benzene rings is 2. The van der Waals surface area contributed by atoms with Crippen LogP contribution >= 0.6 is 15.9 Å². The van der Waals surface area contributed by atoms with Crippen LogP contribution in [-0.2, 0) is 0 Å². The molecule has 5 rings (SSSR count). The first kappa shape index (κ1) is 18.7. The van der Waals surface area contributed by atoms with E-state index in [-0.39, 0.29) is 6.04 Å². The van der Waals surface area contributed by atoms with E-state index < -0.39 is 0 Å². The molecule has 2 aromatic carbocycles. The summed E-state index contributed by atoms with van der Waals surface area (Å²) in [6.45, 7) is 0. The topological polar surface area (TPSA) is 43.1 Å². The van der Waals surface area contributed by atoms with Crippen LogP contribution in [-0.4, -0.2) is 20.7 Å². The van der Waals surface area contributed by atoms with Gasteiger partial charge in [0.1, 0.15) is 5.82 Å². The molecule has 2 aromatic heterocycles. The highest BCUT2D eigenvalue weighted by molar-refractivity contribution is 9.10. The molecule has 4 nitrogen and oxygen atoms in total. The van der Waals surface area contributed by atoms with Crippen molar-refractivity contribution in [2.45, 2.75) is 12.5 Å². The van der Waals surface area contributed by atoms with Crippen LogP contribution < -0.4 is 0 Å². The molecule has 0 spiro atoms. The van der Waals surface area contributed by atoms with Gasteiger partial charge in [-0.2, -0.15) is 0 Å². The minimum atomic E-state index is -0.0360. The highest BCUT2D eigenvalue weighted by atomic mass is 79.9. The average molecular weight is 455 g/mol. The van der Waals surface area contributed by atoms with Gasteiger partial charge in [0, 0.05) is 28.1 Å². The lowest BCUT2D eigenvalue weighted by Gasteiger charge is -2.15. The lowest BCUT2D eigenvalue weighted by Crippen LogP contribution is -2.04. The molecule has 3 heterocycles. The van der Waals surface area contributed by atoms with E-state index in [1.807, 2.05) is 67.0 Å². The van der Waals surface area contributed by atoms with Crippen LogP contribution in [0, 0.1) is 0 Å². The molecule has 1 aliphatic heterocycles. The van der Waals surface area contributed by atoms with Gasteiger partial charge >= 0.3 is 0 Å². The van der Waals surface area contributed by atoms with Crippen molar-refractivity contribution in [3.8, 4) is 28.5 Å². The van der Waals surface area contributed by atoms with Crippen molar-refractivity contribution in [1.29, 1.82) is 0 Å². The molecular weight excluding hydrogens is 436 g/mol. The molecule has 4 aromatic rings. The van der Waals surface area contributed by atoms with E-state index in [0.29, 0.717) is 0 Å². The number of rotatable bonds is 4. The minimum absolute atomic E-state index is 0.0360. The van der Waals surface area contributed by atoms with Crippen LogP contribution in [0.25, 0.3) is 28.5 Å². The summed E-state index contributed by atoms with van der Waals surface area (Å²) < 4.78 is 3.24. The van der Waals surface area contributed by atoms with Crippen LogP contribution in [0.3, 0.4) is 0 Å². The molecular formula is C25H19BrN4. The van der Waals surface area contributed by atoms with Gasteiger partial charge in [-0.3, -0.25) is 14.5 Å². The van der Waals surface area contributed by atoms with Gasteiger partial charge in [-0.15, -0.1) is 0 Å². The zero-order valence-electron chi connectivity index (χ0n) is 16.2. The Labute approximate surface area is 183 Å². The normalized spacial score (nSPS) is 15.4. The van der Waals surface area contributed by atoms with Crippen molar-refractivity contribution in [2.75, 3.05) is 0 Å². The van der Waals surface area contributed by atoms with Crippen molar-refractivity contribution >= 4 is 22.1 Å². The average Bonchev–Trinajstić information content (AvgIpc) is 3.22. The van der Waals surface area contributed by atoms with E-state index in [1.54, 1.807) is 0 Å². The monoisotopic (exact) mass is 454 g/mol. The lowest BCUT2D eigenvalue weighted by molar-refractivity contribution is 0.720. The number of hydrogen-bond donors (Lipinski definition) is 0. The summed E-state index contributed by atoms with van der Waals surface area (Å²) in [5.41, 5.74) is 4.90. The molecule has 0 amide bonds. The SMILES string of the molecule is Brc1ccc(-c2nc(C3CC=CC=N3)c(-c3ccccn3)n2-c2ccccc2)cc1. The summed E-state index contributed by atoms with van der Waals surface area (Å²) in [4.78, 5) is 14.5. The number of para-hydroxylation sites is 1.